The van der Waals surface area contributed by atoms with Crippen LogP contribution in [0.3, 0.4) is 0 Å². The van der Waals surface area contributed by atoms with E-state index in [1.165, 1.54) is 6.07 Å². The number of nitrogens with one attached hydrogen (secondary N) is 1. The Balaban J connectivity index is 2.24. The van der Waals surface area contributed by atoms with Crippen molar-refractivity contribution in [1.82, 2.24) is 0 Å². The second-order valence-corrected chi connectivity index (χ2v) is 7.48. The van der Waals surface area contributed by atoms with Crippen LogP contribution in [0.15, 0.2) is 45.1 Å². The molecule has 1 aromatic carbocycles. The monoisotopic (exact) mass is 347 g/mol. The van der Waals surface area contributed by atoms with Crippen molar-refractivity contribution in [2.45, 2.75) is 10.8 Å². The fourth-order valence-electron chi connectivity index (χ4n) is 1.31. The molecule has 2 aromatic rings. The number of hydrogen-bond acceptors (Lipinski definition) is 4. The summed E-state index contributed by atoms with van der Waals surface area (Å²) in [6, 6.07) is 9.93. The smallest absolute Gasteiger partial charge is 0.271 e. The molecule has 0 fully saturated rings. The molecular weight excluding hydrogens is 338 g/mol. The number of aliphatic hydroxyl groups is 1. The van der Waals surface area contributed by atoms with Crippen molar-refractivity contribution in [3.8, 4) is 0 Å². The van der Waals surface area contributed by atoms with E-state index in [1.807, 2.05) is 0 Å². The maximum atomic E-state index is 12.0. The molecule has 0 saturated heterocycles. The largest absolute Gasteiger partial charge is 0.391 e. The predicted molar refractivity (Wildman–Crippen MR) is 75.2 cm³/mol. The Morgan fingerprint density at radius 2 is 1.83 bits per heavy atom. The highest BCUT2D eigenvalue weighted by Gasteiger charge is 2.16. The molecule has 0 amide bonds. The van der Waals surface area contributed by atoms with Gasteiger partial charge in [-0.25, -0.2) is 8.42 Å². The van der Waals surface area contributed by atoms with Crippen LogP contribution in [0.5, 0.6) is 0 Å². The zero-order chi connectivity index (χ0) is 13.2. The first-order valence-electron chi connectivity index (χ1n) is 4.99. The molecule has 96 valence electrons. The summed E-state index contributed by atoms with van der Waals surface area (Å²) >= 11 is 4.33. The van der Waals surface area contributed by atoms with Crippen molar-refractivity contribution in [1.29, 1.82) is 0 Å². The number of thiophene rings is 1. The molecule has 0 spiro atoms. The third kappa shape index (κ3) is 3.11. The van der Waals surface area contributed by atoms with Gasteiger partial charge in [0.2, 0.25) is 0 Å². The van der Waals surface area contributed by atoms with Crippen LogP contribution in [0.2, 0.25) is 0 Å². The number of rotatable bonds is 4. The average Bonchev–Trinajstić information content (AvgIpc) is 2.81. The third-order valence-corrected chi connectivity index (χ3v) is 5.63. The standard InChI is InChI=1S/C11H10BrNO3S2/c12-8-1-3-9(4-2-8)13-18(15,16)11-6-5-10(7-14)17-11/h1-6,13-14H,7H2. The first kappa shape index (κ1) is 13.5. The van der Waals surface area contributed by atoms with Gasteiger partial charge in [-0.05, 0) is 36.4 Å². The molecule has 4 nitrogen and oxygen atoms in total. The minimum atomic E-state index is -3.57. The van der Waals surface area contributed by atoms with Crippen LogP contribution in [-0.2, 0) is 16.6 Å². The zero-order valence-electron chi connectivity index (χ0n) is 9.13. The molecule has 18 heavy (non-hydrogen) atoms. The lowest BCUT2D eigenvalue weighted by Crippen LogP contribution is -2.11. The highest BCUT2D eigenvalue weighted by atomic mass is 79.9. The molecule has 0 aliphatic carbocycles. The summed E-state index contributed by atoms with van der Waals surface area (Å²) in [4.78, 5) is 0.617. The molecule has 2 rings (SSSR count). The van der Waals surface area contributed by atoms with Crippen molar-refractivity contribution < 1.29 is 13.5 Å². The van der Waals surface area contributed by atoms with E-state index in [4.69, 9.17) is 5.11 Å². The van der Waals surface area contributed by atoms with Gasteiger partial charge in [-0.2, -0.15) is 0 Å². The lowest BCUT2D eigenvalue weighted by molar-refractivity contribution is 0.285. The van der Waals surface area contributed by atoms with Crippen LogP contribution in [-0.4, -0.2) is 13.5 Å². The maximum Gasteiger partial charge on any atom is 0.271 e. The molecule has 0 aliphatic rings. The topological polar surface area (TPSA) is 66.4 Å². The van der Waals surface area contributed by atoms with Gasteiger partial charge >= 0.3 is 0 Å². The second-order valence-electron chi connectivity index (χ2n) is 3.49. The van der Waals surface area contributed by atoms with E-state index in [2.05, 4.69) is 20.7 Å². The normalized spacial score (nSPS) is 11.4. The molecule has 0 unspecified atom stereocenters. The molecule has 1 heterocycles. The predicted octanol–water partition coefficient (Wildman–Crippen LogP) is 2.80. The van der Waals surface area contributed by atoms with Crippen LogP contribution in [0.4, 0.5) is 5.69 Å². The fraction of sp³-hybridized carbons (Fsp3) is 0.0909. The second kappa shape index (κ2) is 5.40. The fourth-order valence-corrected chi connectivity index (χ4v) is 3.85. The quantitative estimate of drug-likeness (QED) is 0.893. The SMILES string of the molecule is O=S(=O)(Nc1ccc(Br)cc1)c1ccc(CO)s1. The Bertz CT molecular complexity index is 635. The van der Waals surface area contributed by atoms with Crippen molar-refractivity contribution in [2.24, 2.45) is 0 Å². The highest BCUT2D eigenvalue weighted by molar-refractivity contribution is 9.10. The summed E-state index contributed by atoms with van der Waals surface area (Å²) in [6.45, 7) is -0.154. The van der Waals surface area contributed by atoms with Gasteiger partial charge in [0.15, 0.2) is 0 Å². The molecule has 0 aliphatic heterocycles. The van der Waals surface area contributed by atoms with Crippen molar-refractivity contribution >= 4 is 43.0 Å². The van der Waals surface area contributed by atoms with Gasteiger partial charge in [0.05, 0.1) is 6.61 Å². The lowest BCUT2D eigenvalue weighted by Gasteiger charge is -2.05. The molecular formula is C11H10BrNO3S2. The lowest BCUT2D eigenvalue weighted by atomic mass is 10.3. The molecule has 1 aromatic heterocycles. The van der Waals surface area contributed by atoms with Crippen LogP contribution < -0.4 is 4.72 Å². The molecule has 2 N–H and O–H groups in total. The number of anilines is 1. The van der Waals surface area contributed by atoms with E-state index >= 15 is 0 Å². The van der Waals surface area contributed by atoms with Gasteiger partial charge in [0.1, 0.15) is 4.21 Å². The van der Waals surface area contributed by atoms with Crippen LogP contribution >= 0.6 is 27.3 Å². The van der Waals surface area contributed by atoms with Gasteiger partial charge in [0.25, 0.3) is 10.0 Å². The van der Waals surface area contributed by atoms with Gasteiger partial charge in [-0.1, -0.05) is 15.9 Å². The Morgan fingerprint density at radius 3 is 2.39 bits per heavy atom. The van der Waals surface area contributed by atoms with E-state index in [9.17, 15) is 8.42 Å². The van der Waals surface area contributed by atoms with Gasteiger partial charge in [-0.3, -0.25) is 4.72 Å². The van der Waals surface area contributed by atoms with Gasteiger partial charge in [0, 0.05) is 15.0 Å². The first-order chi connectivity index (χ1) is 8.51. The molecule has 7 heteroatoms. The van der Waals surface area contributed by atoms with E-state index < -0.39 is 10.0 Å². The van der Waals surface area contributed by atoms with Crippen molar-refractivity contribution in [3.63, 3.8) is 0 Å². The Hall–Kier alpha value is -0.890. The minimum Gasteiger partial charge on any atom is -0.391 e. The number of benzene rings is 1. The van der Waals surface area contributed by atoms with E-state index in [0.717, 1.165) is 15.8 Å². The van der Waals surface area contributed by atoms with Crippen molar-refractivity contribution in [3.05, 3.63) is 45.7 Å². The maximum absolute atomic E-state index is 12.0. The van der Waals surface area contributed by atoms with E-state index in [1.54, 1.807) is 30.3 Å². The zero-order valence-corrected chi connectivity index (χ0v) is 12.3. The molecule has 0 atom stereocenters. The summed E-state index contributed by atoms with van der Waals surface area (Å²) in [5.74, 6) is 0. The van der Waals surface area contributed by atoms with Crippen LogP contribution in [0.25, 0.3) is 0 Å². The van der Waals surface area contributed by atoms with Crippen LogP contribution in [0.1, 0.15) is 4.88 Å². The van der Waals surface area contributed by atoms with Crippen molar-refractivity contribution in [2.75, 3.05) is 4.72 Å². The molecule has 0 bridgehead atoms. The summed E-state index contributed by atoms with van der Waals surface area (Å²) in [5, 5.41) is 8.93. The van der Waals surface area contributed by atoms with E-state index in [-0.39, 0.29) is 10.8 Å². The first-order valence-corrected chi connectivity index (χ1v) is 8.08. The Morgan fingerprint density at radius 1 is 1.17 bits per heavy atom. The average molecular weight is 348 g/mol. The van der Waals surface area contributed by atoms with Gasteiger partial charge in [-0.15, -0.1) is 11.3 Å². The summed E-state index contributed by atoms with van der Waals surface area (Å²) in [7, 11) is -3.57. The number of aliphatic hydroxyl groups excluding tert-OH is 1. The minimum absolute atomic E-state index is 0.154. The summed E-state index contributed by atoms with van der Waals surface area (Å²) in [5.41, 5.74) is 0.497. The molecule has 0 radical (unpaired) electrons. The molecule has 0 saturated carbocycles. The van der Waals surface area contributed by atoms with Gasteiger partial charge < -0.3 is 5.11 Å². The summed E-state index contributed by atoms with van der Waals surface area (Å²) in [6.07, 6.45) is 0. The number of hydrogen-bond donors (Lipinski definition) is 2. The summed E-state index contributed by atoms with van der Waals surface area (Å²) < 4.78 is 27.6. The van der Waals surface area contributed by atoms with E-state index in [0.29, 0.717) is 10.6 Å². The Labute approximate surface area is 117 Å². The highest BCUT2D eigenvalue weighted by Crippen LogP contribution is 2.24. The number of sulfonamides is 1. The number of halogens is 1. The van der Waals surface area contributed by atoms with Crippen LogP contribution in [0, 0.1) is 0 Å². The third-order valence-electron chi connectivity index (χ3n) is 2.15. The Kier molecular flexibility index (Phi) is 4.06.